The summed E-state index contributed by atoms with van der Waals surface area (Å²) in [6, 6.07) is 4.14. The Kier molecular flexibility index (Phi) is 9.85. The van der Waals surface area contributed by atoms with Crippen molar-refractivity contribution in [2.24, 2.45) is 10.9 Å². The van der Waals surface area contributed by atoms with Crippen molar-refractivity contribution in [3.05, 3.63) is 34.5 Å². The Morgan fingerprint density at radius 1 is 1.41 bits per heavy atom. The lowest BCUT2D eigenvalue weighted by Crippen LogP contribution is -2.47. The number of carbonyl (C=O) groups excluding carboxylic acids is 1. The topological polar surface area (TPSA) is 84.6 Å². The van der Waals surface area contributed by atoms with E-state index in [1.54, 1.807) is 17.7 Å². The number of aliphatic imine (C=N–C) groups is 1. The van der Waals surface area contributed by atoms with Crippen LogP contribution in [0.5, 0.6) is 0 Å². The van der Waals surface area contributed by atoms with Crippen LogP contribution in [0.25, 0.3) is 0 Å². The largest absolute Gasteiger partial charge is 0.469 e. The van der Waals surface area contributed by atoms with Gasteiger partial charge in [-0.1, -0.05) is 13.0 Å². The van der Waals surface area contributed by atoms with Crippen molar-refractivity contribution in [3.63, 3.8) is 0 Å². The van der Waals surface area contributed by atoms with Crippen LogP contribution >= 0.6 is 35.3 Å². The molecule has 1 aliphatic heterocycles. The molecule has 0 atom stereocenters. The van der Waals surface area contributed by atoms with Gasteiger partial charge in [0.15, 0.2) is 5.96 Å². The minimum Gasteiger partial charge on any atom is -0.469 e. The van der Waals surface area contributed by atoms with Crippen molar-refractivity contribution < 1.29 is 9.53 Å². The Labute approximate surface area is 192 Å². The number of halogens is 1. The van der Waals surface area contributed by atoms with Gasteiger partial charge in [0.25, 0.3) is 0 Å². The molecule has 1 saturated heterocycles. The van der Waals surface area contributed by atoms with Crippen LogP contribution in [0.15, 0.2) is 28.8 Å². The zero-order chi connectivity index (χ0) is 19.8. The molecule has 0 bridgehead atoms. The van der Waals surface area contributed by atoms with Crippen molar-refractivity contribution >= 4 is 47.2 Å². The number of rotatable bonds is 7. The summed E-state index contributed by atoms with van der Waals surface area (Å²) in [4.78, 5) is 20.1. The number of thiophene rings is 1. The van der Waals surface area contributed by atoms with E-state index in [0.29, 0.717) is 6.54 Å². The van der Waals surface area contributed by atoms with Crippen LogP contribution in [0.1, 0.15) is 30.5 Å². The van der Waals surface area contributed by atoms with E-state index in [1.165, 1.54) is 12.0 Å². The molecule has 8 nitrogen and oxygen atoms in total. The molecule has 1 aliphatic rings. The molecule has 0 radical (unpaired) electrons. The first-order valence-electron chi connectivity index (χ1n) is 9.71. The third kappa shape index (κ3) is 6.66. The highest BCUT2D eigenvalue weighted by atomic mass is 127. The molecule has 2 aromatic rings. The Bertz CT molecular complexity index is 772. The van der Waals surface area contributed by atoms with Gasteiger partial charge in [-0.05, 0) is 24.3 Å². The molecule has 3 heterocycles. The van der Waals surface area contributed by atoms with Crippen molar-refractivity contribution in [3.8, 4) is 0 Å². The van der Waals surface area contributed by atoms with Gasteiger partial charge in [-0.3, -0.25) is 4.79 Å². The van der Waals surface area contributed by atoms with Crippen molar-refractivity contribution in [1.29, 1.82) is 0 Å². The maximum absolute atomic E-state index is 11.8. The van der Waals surface area contributed by atoms with Crippen molar-refractivity contribution in [2.45, 2.75) is 39.3 Å². The molecule has 0 unspecified atom stereocenters. The van der Waals surface area contributed by atoms with Crippen LogP contribution in [0.4, 0.5) is 0 Å². The molecule has 3 rings (SSSR count). The molecule has 0 saturated carbocycles. The second kappa shape index (κ2) is 12.1. The van der Waals surface area contributed by atoms with Gasteiger partial charge in [-0.25, -0.2) is 4.99 Å². The van der Waals surface area contributed by atoms with Gasteiger partial charge >= 0.3 is 5.97 Å². The van der Waals surface area contributed by atoms with E-state index < -0.39 is 0 Å². The highest BCUT2D eigenvalue weighted by Crippen LogP contribution is 2.19. The maximum Gasteiger partial charge on any atom is 0.308 e. The number of ether oxygens (including phenoxy) is 1. The van der Waals surface area contributed by atoms with Gasteiger partial charge < -0.3 is 19.5 Å². The monoisotopic (exact) mass is 532 g/mol. The SMILES string of the molecule is CCc1nncn1CCNC(=NCc1cccs1)N1CCC(C(=O)OC)CC1.I. The number of nitrogens with zero attached hydrogens (tertiary/aromatic N) is 5. The lowest BCUT2D eigenvalue weighted by molar-refractivity contribution is -0.146. The summed E-state index contributed by atoms with van der Waals surface area (Å²) in [6.07, 6.45) is 4.21. The zero-order valence-corrected chi connectivity index (χ0v) is 20.1. The van der Waals surface area contributed by atoms with E-state index in [-0.39, 0.29) is 35.9 Å². The maximum atomic E-state index is 11.8. The van der Waals surface area contributed by atoms with Gasteiger partial charge in [-0.2, -0.15) is 0 Å². The number of hydrogen-bond donors (Lipinski definition) is 1. The summed E-state index contributed by atoms with van der Waals surface area (Å²) in [7, 11) is 1.46. The molecular formula is C19H29IN6O2S. The highest BCUT2D eigenvalue weighted by molar-refractivity contribution is 14.0. The van der Waals surface area contributed by atoms with E-state index in [1.807, 2.05) is 6.07 Å². The van der Waals surface area contributed by atoms with Crippen LogP contribution in [-0.4, -0.2) is 58.3 Å². The van der Waals surface area contributed by atoms with Crippen LogP contribution in [0.2, 0.25) is 0 Å². The van der Waals surface area contributed by atoms with Crippen LogP contribution in [0, 0.1) is 5.92 Å². The standard InChI is InChI=1S/C19H28N6O2S.HI/c1-3-17-23-22-14-25(17)11-8-20-19(21-13-16-5-4-12-28-16)24-9-6-15(7-10-24)18(26)27-2;/h4-5,12,14-15H,3,6-11,13H2,1-2H3,(H,20,21);1H. The lowest BCUT2D eigenvalue weighted by atomic mass is 9.97. The predicted molar refractivity (Wildman–Crippen MR) is 125 cm³/mol. The first-order chi connectivity index (χ1) is 13.7. The number of nitrogens with one attached hydrogen (secondary N) is 1. The molecule has 10 heteroatoms. The summed E-state index contributed by atoms with van der Waals surface area (Å²) in [5.74, 6) is 1.76. The molecule has 1 N–H and O–H groups in total. The third-order valence-corrected chi connectivity index (χ3v) is 5.80. The fourth-order valence-electron chi connectivity index (χ4n) is 3.34. The molecular weight excluding hydrogens is 503 g/mol. The number of hydrogen-bond acceptors (Lipinski definition) is 6. The molecule has 160 valence electrons. The number of methoxy groups -OCH3 is 1. The normalized spacial score (nSPS) is 15.1. The van der Waals surface area contributed by atoms with Gasteiger partial charge in [0, 0.05) is 37.5 Å². The fraction of sp³-hybridized carbons (Fsp3) is 0.579. The molecule has 0 spiro atoms. The van der Waals surface area contributed by atoms with Gasteiger partial charge in [0.2, 0.25) is 0 Å². The van der Waals surface area contributed by atoms with E-state index in [4.69, 9.17) is 9.73 Å². The molecule has 0 aromatic carbocycles. The van der Waals surface area contributed by atoms with Crippen molar-refractivity contribution in [1.82, 2.24) is 25.0 Å². The van der Waals surface area contributed by atoms with E-state index in [0.717, 1.165) is 57.2 Å². The second-order valence-corrected chi connectivity index (χ2v) is 7.76. The molecule has 29 heavy (non-hydrogen) atoms. The third-order valence-electron chi connectivity index (χ3n) is 4.94. The number of aryl methyl sites for hydroxylation is 1. The van der Waals surface area contributed by atoms with Crippen LogP contribution in [-0.2, 0) is 29.0 Å². The number of guanidine groups is 1. The van der Waals surface area contributed by atoms with Gasteiger partial charge in [0.05, 0.1) is 19.6 Å². The first-order valence-corrected chi connectivity index (χ1v) is 10.6. The molecule has 0 aliphatic carbocycles. The first kappa shape index (κ1) is 23.6. The highest BCUT2D eigenvalue weighted by Gasteiger charge is 2.27. The number of piperidine rings is 1. The van der Waals surface area contributed by atoms with Gasteiger partial charge in [-0.15, -0.1) is 45.5 Å². The number of aromatic nitrogens is 3. The Hall–Kier alpha value is -1.69. The van der Waals surface area contributed by atoms with E-state index in [9.17, 15) is 4.79 Å². The Balaban J connectivity index is 0.00000300. The lowest BCUT2D eigenvalue weighted by Gasteiger charge is -2.33. The summed E-state index contributed by atoms with van der Waals surface area (Å²) < 4.78 is 6.96. The fourth-order valence-corrected chi connectivity index (χ4v) is 3.97. The number of carbonyl (C=O) groups is 1. The summed E-state index contributed by atoms with van der Waals surface area (Å²) >= 11 is 1.71. The van der Waals surface area contributed by atoms with E-state index >= 15 is 0 Å². The quantitative estimate of drug-likeness (QED) is 0.256. The minimum atomic E-state index is -0.107. The number of esters is 1. The summed E-state index contributed by atoms with van der Waals surface area (Å²) in [5, 5.41) is 13.7. The molecule has 2 aromatic heterocycles. The second-order valence-electron chi connectivity index (χ2n) is 6.72. The molecule has 1 fully saturated rings. The summed E-state index contributed by atoms with van der Waals surface area (Å²) in [6.45, 7) is 5.85. The Morgan fingerprint density at radius 3 is 2.86 bits per heavy atom. The van der Waals surface area contributed by atoms with E-state index in [2.05, 4.69) is 43.4 Å². The minimum absolute atomic E-state index is 0. The predicted octanol–water partition coefficient (Wildman–Crippen LogP) is 2.55. The summed E-state index contributed by atoms with van der Waals surface area (Å²) in [5.41, 5.74) is 0. The van der Waals surface area contributed by atoms with Gasteiger partial charge in [0.1, 0.15) is 12.2 Å². The zero-order valence-electron chi connectivity index (χ0n) is 16.9. The number of likely N-dealkylation sites (tertiary alicyclic amines) is 1. The average Bonchev–Trinajstić information content (AvgIpc) is 3.41. The van der Waals surface area contributed by atoms with Crippen LogP contribution < -0.4 is 5.32 Å². The van der Waals surface area contributed by atoms with Crippen molar-refractivity contribution in [2.75, 3.05) is 26.7 Å². The smallest absolute Gasteiger partial charge is 0.308 e. The average molecular weight is 532 g/mol. The Morgan fingerprint density at radius 2 is 2.21 bits per heavy atom. The molecule has 0 amide bonds. The van der Waals surface area contributed by atoms with Crippen LogP contribution in [0.3, 0.4) is 0 Å².